The Morgan fingerprint density at radius 1 is 0.615 bits per heavy atom. The number of rotatable bonds is 1. The van der Waals surface area contributed by atoms with Crippen molar-refractivity contribution in [3.63, 3.8) is 0 Å². The van der Waals surface area contributed by atoms with Crippen molar-refractivity contribution in [2.75, 3.05) is 0 Å². The van der Waals surface area contributed by atoms with Crippen LogP contribution >= 0.6 is 0 Å². The summed E-state index contributed by atoms with van der Waals surface area (Å²) in [5.74, 6) is 0. The van der Waals surface area contributed by atoms with Gasteiger partial charge in [-0.05, 0) is 57.1 Å². The number of fused-ring (bicyclic) bond motifs is 5. The fourth-order valence-electron chi connectivity index (χ4n) is 4.55. The minimum Gasteiger partial charge on any atom is -0.0622 e. The van der Waals surface area contributed by atoms with Crippen molar-refractivity contribution >= 4 is 10.8 Å². The minimum absolute atomic E-state index is 0.0181. The SMILES string of the molecule is Cc1ccc2c(c1)C(C)(C)c1cc(-c3ccccc3)c3ccccc3c1-2. The van der Waals surface area contributed by atoms with Gasteiger partial charge >= 0.3 is 0 Å². The first-order valence-electron chi connectivity index (χ1n) is 9.30. The summed E-state index contributed by atoms with van der Waals surface area (Å²) in [6, 6.07) is 29.0. The monoisotopic (exact) mass is 334 g/mol. The van der Waals surface area contributed by atoms with Gasteiger partial charge in [0, 0.05) is 5.41 Å². The topological polar surface area (TPSA) is 0 Å². The van der Waals surface area contributed by atoms with E-state index in [1.54, 1.807) is 0 Å². The van der Waals surface area contributed by atoms with Crippen LogP contribution in [-0.4, -0.2) is 0 Å². The summed E-state index contributed by atoms with van der Waals surface area (Å²) in [5, 5.41) is 2.70. The number of aryl methyl sites for hydroxylation is 1. The molecule has 0 spiro atoms. The van der Waals surface area contributed by atoms with E-state index in [0.717, 1.165) is 0 Å². The first-order chi connectivity index (χ1) is 12.6. The van der Waals surface area contributed by atoms with E-state index in [2.05, 4.69) is 99.6 Å². The van der Waals surface area contributed by atoms with E-state index in [0.29, 0.717) is 0 Å². The molecule has 4 aromatic carbocycles. The van der Waals surface area contributed by atoms with Crippen LogP contribution in [-0.2, 0) is 5.41 Å². The molecule has 0 amide bonds. The van der Waals surface area contributed by atoms with Crippen LogP contribution in [0, 0.1) is 6.92 Å². The predicted molar refractivity (Wildman–Crippen MR) is 112 cm³/mol. The Labute approximate surface area is 155 Å². The summed E-state index contributed by atoms with van der Waals surface area (Å²) in [6.45, 7) is 6.91. The Bertz CT molecular complexity index is 1150. The summed E-state index contributed by atoms with van der Waals surface area (Å²) in [6.07, 6.45) is 0. The Morgan fingerprint density at radius 2 is 1.31 bits per heavy atom. The molecule has 4 aromatic rings. The van der Waals surface area contributed by atoms with Gasteiger partial charge in [0.1, 0.15) is 0 Å². The molecule has 126 valence electrons. The maximum Gasteiger partial charge on any atom is 0.0159 e. The fraction of sp³-hybridized carbons (Fsp3) is 0.154. The van der Waals surface area contributed by atoms with E-state index in [9.17, 15) is 0 Å². The molecule has 0 saturated carbocycles. The van der Waals surface area contributed by atoms with Crippen molar-refractivity contribution in [2.24, 2.45) is 0 Å². The zero-order valence-electron chi connectivity index (χ0n) is 15.5. The predicted octanol–water partition coefficient (Wildman–Crippen LogP) is 7.12. The van der Waals surface area contributed by atoms with Crippen LogP contribution in [0.25, 0.3) is 33.0 Å². The molecule has 0 bridgehead atoms. The second kappa shape index (κ2) is 5.32. The third-order valence-electron chi connectivity index (χ3n) is 5.92. The molecule has 0 atom stereocenters. The van der Waals surface area contributed by atoms with Gasteiger partial charge < -0.3 is 0 Å². The van der Waals surface area contributed by atoms with Gasteiger partial charge in [-0.3, -0.25) is 0 Å². The molecule has 0 N–H and O–H groups in total. The Kier molecular flexibility index (Phi) is 3.15. The highest BCUT2D eigenvalue weighted by Gasteiger charge is 2.37. The maximum absolute atomic E-state index is 2.43. The summed E-state index contributed by atoms with van der Waals surface area (Å²) in [5.41, 5.74) is 9.67. The summed E-state index contributed by atoms with van der Waals surface area (Å²) < 4.78 is 0. The van der Waals surface area contributed by atoms with Gasteiger partial charge in [-0.15, -0.1) is 0 Å². The Balaban J connectivity index is 1.94. The molecule has 0 heteroatoms. The molecule has 0 fully saturated rings. The zero-order valence-corrected chi connectivity index (χ0v) is 15.5. The average molecular weight is 334 g/mol. The lowest BCUT2D eigenvalue weighted by atomic mass is 9.80. The van der Waals surface area contributed by atoms with Gasteiger partial charge in [-0.1, -0.05) is 92.2 Å². The van der Waals surface area contributed by atoms with E-state index in [1.807, 2.05) is 0 Å². The second-order valence-electron chi connectivity index (χ2n) is 7.93. The van der Waals surface area contributed by atoms with Crippen LogP contribution in [0.2, 0.25) is 0 Å². The molecule has 0 aliphatic heterocycles. The molecule has 5 rings (SSSR count). The van der Waals surface area contributed by atoms with E-state index in [-0.39, 0.29) is 5.41 Å². The van der Waals surface area contributed by atoms with Crippen molar-refractivity contribution in [1.29, 1.82) is 0 Å². The largest absolute Gasteiger partial charge is 0.0622 e. The number of benzene rings is 4. The van der Waals surface area contributed by atoms with E-state index >= 15 is 0 Å². The third kappa shape index (κ3) is 2.02. The van der Waals surface area contributed by atoms with E-state index in [1.165, 1.54) is 49.7 Å². The molecule has 1 aliphatic rings. The van der Waals surface area contributed by atoms with Crippen LogP contribution in [0.1, 0.15) is 30.5 Å². The van der Waals surface area contributed by atoms with Crippen LogP contribution in [0.15, 0.2) is 78.9 Å². The van der Waals surface area contributed by atoms with Gasteiger partial charge in [0.25, 0.3) is 0 Å². The van der Waals surface area contributed by atoms with Gasteiger partial charge in [0.05, 0.1) is 0 Å². The van der Waals surface area contributed by atoms with Crippen molar-refractivity contribution in [3.8, 4) is 22.3 Å². The van der Waals surface area contributed by atoms with Gasteiger partial charge in [-0.2, -0.15) is 0 Å². The normalized spacial score (nSPS) is 14.3. The summed E-state index contributed by atoms with van der Waals surface area (Å²) in [4.78, 5) is 0. The number of hydrogen-bond donors (Lipinski definition) is 0. The zero-order chi connectivity index (χ0) is 17.9. The lowest BCUT2D eigenvalue weighted by Gasteiger charge is -2.23. The van der Waals surface area contributed by atoms with Crippen LogP contribution < -0.4 is 0 Å². The molecular formula is C26H22. The van der Waals surface area contributed by atoms with Gasteiger partial charge in [-0.25, -0.2) is 0 Å². The van der Waals surface area contributed by atoms with Crippen LogP contribution in [0.3, 0.4) is 0 Å². The lowest BCUT2D eigenvalue weighted by molar-refractivity contribution is 0.660. The summed E-state index contributed by atoms with van der Waals surface area (Å²) in [7, 11) is 0. The first kappa shape index (κ1) is 15.4. The van der Waals surface area contributed by atoms with Crippen LogP contribution in [0.4, 0.5) is 0 Å². The maximum atomic E-state index is 2.43. The quantitative estimate of drug-likeness (QED) is 0.347. The lowest BCUT2D eigenvalue weighted by Crippen LogP contribution is -2.15. The summed E-state index contributed by atoms with van der Waals surface area (Å²) >= 11 is 0. The molecule has 0 radical (unpaired) electrons. The molecule has 0 heterocycles. The number of hydrogen-bond acceptors (Lipinski definition) is 0. The highest BCUT2D eigenvalue weighted by molar-refractivity contribution is 6.08. The van der Waals surface area contributed by atoms with Gasteiger partial charge in [0.15, 0.2) is 0 Å². The molecule has 0 unspecified atom stereocenters. The average Bonchev–Trinajstić information content (AvgIpc) is 2.89. The standard InChI is InChI=1S/C26H22/c1-17-13-14-21-23(15-17)26(2,3)24-16-22(18-9-5-4-6-10-18)19-11-7-8-12-20(19)25(21)24/h4-16H,1-3H3. The highest BCUT2D eigenvalue weighted by Crippen LogP contribution is 2.53. The Morgan fingerprint density at radius 3 is 2.08 bits per heavy atom. The third-order valence-corrected chi connectivity index (χ3v) is 5.92. The smallest absolute Gasteiger partial charge is 0.0159 e. The molecule has 0 saturated heterocycles. The van der Waals surface area contributed by atoms with Gasteiger partial charge in [0.2, 0.25) is 0 Å². The fourth-order valence-corrected chi connectivity index (χ4v) is 4.55. The molecule has 1 aliphatic carbocycles. The molecule has 0 nitrogen and oxygen atoms in total. The van der Waals surface area contributed by atoms with Crippen molar-refractivity contribution in [1.82, 2.24) is 0 Å². The van der Waals surface area contributed by atoms with Crippen molar-refractivity contribution < 1.29 is 0 Å². The Hall–Kier alpha value is -2.86. The van der Waals surface area contributed by atoms with Crippen molar-refractivity contribution in [2.45, 2.75) is 26.2 Å². The highest BCUT2D eigenvalue weighted by atomic mass is 14.4. The molecular weight excluding hydrogens is 312 g/mol. The molecule has 0 aromatic heterocycles. The van der Waals surface area contributed by atoms with E-state index < -0.39 is 0 Å². The first-order valence-corrected chi connectivity index (χ1v) is 9.30. The van der Waals surface area contributed by atoms with Crippen LogP contribution in [0.5, 0.6) is 0 Å². The second-order valence-corrected chi connectivity index (χ2v) is 7.93. The van der Waals surface area contributed by atoms with Crippen molar-refractivity contribution in [3.05, 3.63) is 95.6 Å². The molecule has 26 heavy (non-hydrogen) atoms. The minimum atomic E-state index is 0.0181. The van der Waals surface area contributed by atoms with E-state index in [4.69, 9.17) is 0 Å².